The van der Waals surface area contributed by atoms with Crippen LogP contribution in [0.25, 0.3) is 6.08 Å². The minimum atomic E-state index is -0.829. The van der Waals surface area contributed by atoms with E-state index >= 15 is 0 Å². The molecule has 12 heteroatoms. The number of hydrogen-bond donors (Lipinski definition) is 0. The monoisotopic (exact) mass is 678 g/mol. The van der Waals surface area contributed by atoms with Crippen LogP contribution in [0.15, 0.2) is 60.3 Å². The Labute approximate surface area is 244 Å². The van der Waals surface area contributed by atoms with E-state index in [9.17, 15) is 14.4 Å². The number of hydrogen-bond acceptors (Lipinski definition) is 9. The van der Waals surface area contributed by atoms with Crippen LogP contribution in [-0.2, 0) is 14.3 Å². The predicted molar refractivity (Wildman–Crippen MR) is 153 cm³/mol. The van der Waals surface area contributed by atoms with E-state index in [-0.39, 0.29) is 23.5 Å². The second-order valence-corrected chi connectivity index (χ2v) is 11.1. The lowest BCUT2D eigenvalue weighted by Gasteiger charge is -2.25. The molecule has 0 amide bonds. The largest absolute Gasteiger partial charge is 0.493 e. The molecule has 1 aliphatic heterocycles. The van der Waals surface area contributed by atoms with Crippen LogP contribution in [-0.4, -0.2) is 37.3 Å². The van der Waals surface area contributed by atoms with Gasteiger partial charge >= 0.3 is 11.9 Å². The Morgan fingerprint density at radius 1 is 1.13 bits per heavy atom. The van der Waals surface area contributed by atoms with Crippen LogP contribution in [0.1, 0.15) is 37.9 Å². The van der Waals surface area contributed by atoms with E-state index in [1.807, 2.05) is 0 Å². The third-order valence-electron chi connectivity index (χ3n) is 5.81. The number of carbonyl (C=O) groups excluding carboxylic acids is 2. The van der Waals surface area contributed by atoms with Crippen LogP contribution in [0.3, 0.4) is 0 Å². The minimum Gasteiger partial charge on any atom is -0.493 e. The van der Waals surface area contributed by atoms with E-state index in [1.54, 1.807) is 50.3 Å². The van der Waals surface area contributed by atoms with Crippen molar-refractivity contribution in [3.8, 4) is 17.2 Å². The molecule has 204 valence electrons. The van der Waals surface area contributed by atoms with E-state index in [0.717, 1.165) is 11.3 Å². The first-order valence-electron chi connectivity index (χ1n) is 11.7. The summed E-state index contributed by atoms with van der Waals surface area (Å²) in [7, 11) is 3.04. The maximum absolute atomic E-state index is 13.9. The molecular weight excluding hydrogens is 656 g/mol. The van der Waals surface area contributed by atoms with Gasteiger partial charge in [-0.1, -0.05) is 33.3 Å². The molecule has 0 spiro atoms. The van der Waals surface area contributed by atoms with Gasteiger partial charge in [-0.25, -0.2) is 9.79 Å². The van der Waals surface area contributed by atoms with Crippen LogP contribution in [0.4, 0.5) is 0 Å². The summed E-state index contributed by atoms with van der Waals surface area (Å²) < 4.78 is 24.7. The number of carbonyl (C=O) groups is 2. The molecule has 0 N–H and O–H groups in total. The van der Waals surface area contributed by atoms with Crippen LogP contribution in [0.5, 0.6) is 17.2 Å². The van der Waals surface area contributed by atoms with E-state index in [0.29, 0.717) is 46.6 Å². The summed E-state index contributed by atoms with van der Waals surface area (Å²) in [5.41, 5.74) is 1.42. The highest BCUT2D eigenvalue weighted by Crippen LogP contribution is 2.36. The number of methoxy groups -OCH3 is 2. The Kier molecular flexibility index (Phi) is 8.77. The van der Waals surface area contributed by atoms with Crippen LogP contribution < -0.4 is 29.1 Å². The molecule has 9 nitrogen and oxygen atoms in total. The van der Waals surface area contributed by atoms with Gasteiger partial charge in [-0.15, -0.1) is 0 Å². The number of allylic oxidation sites excluding steroid dienone is 1. The molecule has 0 radical (unpaired) electrons. The van der Waals surface area contributed by atoms with Crippen molar-refractivity contribution in [2.45, 2.75) is 26.8 Å². The zero-order valence-electron chi connectivity index (χ0n) is 21.7. The fourth-order valence-corrected chi connectivity index (χ4v) is 6.59. The number of ether oxygens (including phenoxy) is 4. The first-order chi connectivity index (χ1) is 18.6. The highest BCUT2D eigenvalue weighted by Gasteiger charge is 2.34. The lowest BCUT2D eigenvalue weighted by molar-refractivity contribution is -0.139. The molecule has 0 unspecified atom stereocenters. The maximum Gasteiger partial charge on any atom is 0.338 e. The second kappa shape index (κ2) is 11.9. The van der Waals surface area contributed by atoms with Gasteiger partial charge in [0.2, 0.25) is 0 Å². The summed E-state index contributed by atoms with van der Waals surface area (Å²) >= 11 is 8.02. The summed E-state index contributed by atoms with van der Waals surface area (Å²) in [6, 6.07) is 7.86. The summed E-state index contributed by atoms with van der Waals surface area (Å²) in [5, 5.41) is 0. The first kappa shape index (κ1) is 28.8. The molecule has 2 heterocycles. The third kappa shape index (κ3) is 5.73. The van der Waals surface area contributed by atoms with E-state index < -0.39 is 18.0 Å². The zero-order valence-corrected chi connectivity index (χ0v) is 25.7. The van der Waals surface area contributed by atoms with Crippen molar-refractivity contribution in [3.05, 3.63) is 81.4 Å². The number of halogens is 2. The smallest absolute Gasteiger partial charge is 0.338 e. The van der Waals surface area contributed by atoms with Gasteiger partial charge < -0.3 is 18.9 Å². The molecule has 4 rings (SSSR count). The second-order valence-electron chi connectivity index (χ2n) is 8.32. The quantitative estimate of drug-likeness (QED) is 0.271. The number of benzene rings is 2. The number of thiazole rings is 1. The highest BCUT2D eigenvalue weighted by molar-refractivity contribution is 9.11. The Morgan fingerprint density at radius 2 is 1.85 bits per heavy atom. The molecule has 0 bridgehead atoms. The van der Waals surface area contributed by atoms with Gasteiger partial charge in [-0.2, -0.15) is 0 Å². The Morgan fingerprint density at radius 3 is 2.49 bits per heavy atom. The average molecular weight is 680 g/mol. The van der Waals surface area contributed by atoms with Crippen molar-refractivity contribution < 1.29 is 28.5 Å². The molecule has 0 fully saturated rings. The minimum absolute atomic E-state index is 0.162. The van der Waals surface area contributed by atoms with E-state index in [2.05, 4.69) is 36.9 Å². The first-order valence-corrected chi connectivity index (χ1v) is 14.1. The van der Waals surface area contributed by atoms with Gasteiger partial charge in [-0.05, 0) is 65.7 Å². The maximum atomic E-state index is 13.9. The van der Waals surface area contributed by atoms with Gasteiger partial charge in [0.25, 0.3) is 5.56 Å². The van der Waals surface area contributed by atoms with Gasteiger partial charge in [0.05, 0.1) is 47.1 Å². The van der Waals surface area contributed by atoms with Crippen molar-refractivity contribution in [1.82, 2.24) is 4.57 Å². The summed E-state index contributed by atoms with van der Waals surface area (Å²) in [6.45, 7) is 4.89. The number of fused-ring (bicyclic) bond motifs is 1. The van der Waals surface area contributed by atoms with E-state index in [1.165, 1.54) is 25.7 Å². The average Bonchev–Trinajstić information content (AvgIpc) is 3.18. The van der Waals surface area contributed by atoms with Crippen molar-refractivity contribution in [1.29, 1.82) is 0 Å². The van der Waals surface area contributed by atoms with E-state index in [4.69, 9.17) is 18.9 Å². The Bertz CT molecular complexity index is 1690. The Hall–Kier alpha value is -3.22. The molecule has 1 atom stereocenters. The third-order valence-corrected chi connectivity index (χ3v) is 7.84. The summed E-state index contributed by atoms with van der Waals surface area (Å²) in [6.07, 6.45) is 1.63. The fourth-order valence-electron chi connectivity index (χ4n) is 4.21. The summed E-state index contributed by atoms with van der Waals surface area (Å²) in [4.78, 5) is 43.8. The van der Waals surface area contributed by atoms with Crippen molar-refractivity contribution in [2.24, 2.45) is 4.99 Å². The fraction of sp³-hybridized carbons (Fsp3) is 0.259. The molecule has 0 saturated carbocycles. The molecule has 2 aromatic carbocycles. The van der Waals surface area contributed by atoms with Crippen LogP contribution in [0.2, 0.25) is 0 Å². The molecule has 39 heavy (non-hydrogen) atoms. The molecule has 0 saturated heterocycles. The van der Waals surface area contributed by atoms with Gasteiger partial charge in [0, 0.05) is 17.0 Å². The Balaban J connectivity index is 2.00. The molecular formula is C27H24Br2N2O7S. The SMILES string of the molecule is CCOC(=O)C1=C(C)N=c2s/c(=C\c3cc(Br)cc(Br)c3OC(C)=O)c(=O)n2[C@H]1c1ccc(OC)c(OC)c1. The van der Waals surface area contributed by atoms with Gasteiger partial charge in [0.1, 0.15) is 0 Å². The van der Waals surface area contributed by atoms with Gasteiger partial charge in [0.15, 0.2) is 22.0 Å². The lowest BCUT2D eigenvalue weighted by Crippen LogP contribution is -2.40. The van der Waals surface area contributed by atoms with Crippen LogP contribution in [0, 0.1) is 0 Å². The van der Waals surface area contributed by atoms with Crippen molar-refractivity contribution in [2.75, 3.05) is 20.8 Å². The summed E-state index contributed by atoms with van der Waals surface area (Å²) in [5.74, 6) is 0.153. The number of nitrogens with zero attached hydrogens (tertiary/aromatic N) is 2. The molecule has 3 aromatic rings. The van der Waals surface area contributed by atoms with Crippen molar-refractivity contribution in [3.63, 3.8) is 0 Å². The molecule has 0 aliphatic carbocycles. The standard InChI is InChI=1S/C27H24Br2N2O7S/c1-6-37-26(34)22-13(2)30-27-31(23(22)15-7-8-19(35-4)20(10-15)36-5)25(33)21(39-27)11-16-9-17(28)12-18(29)24(16)38-14(3)32/h7-12,23H,6H2,1-5H3/b21-11-/t23-/m0/s1. The zero-order chi connectivity index (χ0) is 28.4. The van der Waals surface area contributed by atoms with Crippen LogP contribution >= 0.6 is 43.2 Å². The number of esters is 2. The number of aromatic nitrogens is 1. The number of rotatable bonds is 7. The molecule has 1 aliphatic rings. The normalized spacial score (nSPS) is 14.9. The molecule has 1 aromatic heterocycles. The van der Waals surface area contributed by atoms with Crippen molar-refractivity contribution >= 4 is 61.2 Å². The van der Waals surface area contributed by atoms with Gasteiger partial charge in [-0.3, -0.25) is 14.2 Å². The highest BCUT2D eigenvalue weighted by atomic mass is 79.9. The lowest BCUT2D eigenvalue weighted by atomic mass is 9.95. The topological polar surface area (TPSA) is 105 Å². The predicted octanol–water partition coefficient (Wildman–Crippen LogP) is 4.27.